The normalized spacial score (nSPS) is 10.8. The molecule has 3 aromatic rings. The number of benzene rings is 2. The maximum absolute atomic E-state index is 12.4. The third kappa shape index (κ3) is 2.26. The van der Waals surface area contributed by atoms with E-state index >= 15 is 0 Å². The second kappa shape index (κ2) is 5.69. The van der Waals surface area contributed by atoms with Gasteiger partial charge in [-0.15, -0.1) is 0 Å². The van der Waals surface area contributed by atoms with E-state index < -0.39 is 5.43 Å². The molecule has 2 aromatic carbocycles. The molecule has 0 saturated carbocycles. The van der Waals surface area contributed by atoms with Crippen molar-refractivity contribution in [1.29, 1.82) is 0 Å². The molecule has 7 heteroatoms. The van der Waals surface area contributed by atoms with Crippen molar-refractivity contribution in [2.24, 2.45) is 0 Å². The van der Waals surface area contributed by atoms with Gasteiger partial charge in [-0.1, -0.05) is 6.07 Å². The Bertz CT molecular complexity index is 968. The number of aromatic hydroxyl groups is 3. The molecule has 0 spiro atoms. The van der Waals surface area contributed by atoms with Crippen LogP contribution in [0.3, 0.4) is 0 Å². The van der Waals surface area contributed by atoms with Gasteiger partial charge >= 0.3 is 0 Å². The largest absolute Gasteiger partial charge is 0.507 e. The number of methoxy groups -OCH3 is 2. The van der Waals surface area contributed by atoms with Gasteiger partial charge in [-0.25, -0.2) is 0 Å². The van der Waals surface area contributed by atoms with Crippen molar-refractivity contribution in [2.45, 2.75) is 0 Å². The van der Waals surface area contributed by atoms with Crippen LogP contribution in [-0.2, 0) is 0 Å². The SMILES string of the molecule is COc1cc(O)c2c(=O)cc(-c3c(O)cccc3O)oc2c1OC. The molecular formula is C17H14O7. The van der Waals surface area contributed by atoms with E-state index in [1.54, 1.807) is 0 Å². The van der Waals surface area contributed by atoms with Crippen molar-refractivity contribution in [3.05, 3.63) is 40.6 Å². The van der Waals surface area contributed by atoms with E-state index in [1.807, 2.05) is 0 Å². The van der Waals surface area contributed by atoms with Crippen LogP contribution < -0.4 is 14.9 Å². The maximum Gasteiger partial charge on any atom is 0.205 e. The smallest absolute Gasteiger partial charge is 0.205 e. The molecule has 124 valence electrons. The van der Waals surface area contributed by atoms with Gasteiger partial charge in [0.05, 0.1) is 14.2 Å². The van der Waals surface area contributed by atoms with Crippen LogP contribution in [0.5, 0.6) is 28.7 Å². The highest BCUT2D eigenvalue weighted by Gasteiger charge is 2.21. The topological polar surface area (TPSA) is 109 Å². The summed E-state index contributed by atoms with van der Waals surface area (Å²) >= 11 is 0. The van der Waals surface area contributed by atoms with E-state index in [9.17, 15) is 20.1 Å². The molecule has 0 unspecified atom stereocenters. The number of ether oxygens (including phenoxy) is 2. The van der Waals surface area contributed by atoms with Gasteiger partial charge in [0.25, 0.3) is 0 Å². The quantitative estimate of drug-likeness (QED) is 0.677. The first-order valence-electron chi connectivity index (χ1n) is 6.91. The van der Waals surface area contributed by atoms with Crippen LogP contribution in [0.2, 0.25) is 0 Å². The van der Waals surface area contributed by atoms with E-state index in [0.717, 1.165) is 6.07 Å². The Balaban J connectivity index is 2.44. The monoisotopic (exact) mass is 330 g/mol. The second-order valence-electron chi connectivity index (χ2n) is 4.98. The maximum atomic E-state index is 12.4. The van der Waals surface area contributed by atoms with Crippen molar-refractivity contribution in [2.75, 3.05) is 14.2 Å². The highest BCUT2D eigenvalue weighted by molar-refractivity contribution is 5.92. The summed E-state index contributed by atoms with van der Waals surface area (Å²) in [6.07, 6.45) is 0. The minimum absolute atomic E-state index is 0.0409. The Hall–Kier alpha value is -3.35. The Morgan fingerprint density at radius 2 is 1.62 bits per heavy atom. The lowest BCUT2D eigenvalue weighted by Crippen LogP contribution is -2.03. The molecule has 0 atom stereocenters. The summed E-state index contributed by atoms with van der Waals surface area (Å²) in [5, 5.41) is 29.9. The van der Waals surface area contributed by atoms with Crippen LogP contribution in [0.15, 0.2) is 39.5 Å². The molecule has 0 aliphatic carbocycles. The Kier molecular flexibility index (Phi) is 3.69. The van der Waals surface area contributed by atoms with Crippen molar-refractivity contribution >= 4 is 11.0 Å². The lowest BCUT2D eigenvalue weighted by Gasteiger charge is -2.12. The Morgan fingerprint density at radius 1 is 0.958 bits per heavy atom. The summed E-state index contributed by atoms with van der Waals surface area (Å²) in [4.78, 5) is 12.4. The molecule has 1 heterocycles. The van der Waals surface area contributed by atoms with Gasteiger partial charge < -0.3 is 29.2 Å². The van der Waals surface area contributed by atoms with Crippen LogP contribution >= 0.6 is 0 Å². The number of fused-ring (bicyclic) bond motifs is 1. The molecule has 0 radical (unpaired) electrons. The van der Waals surface area contributed by atoms with E-state index in [4.69, 9.17) is 13.9 Å². The molecule has 0 amide bonds. The van der Waals surface area contributed by atoms with E-state index in [2.05, 4.69) is 0 Å². The van der Waals surface area contributed by atoms with Gasteiger partial charge in [0.2, 0.25) is 5.75 Å². The third-order valence-corrected chi connectivity index (χ3v) is 3.59. The number of hydrogen-bond acceptors (Lipinski definition) is 7. The van der Waals surface area contributed by atoms with Gasteiger partial charge in [-0.3, -0.25) is 4.79 Å². The van der Waals surface area contributed by atoms with Crippen molar-refractivity contribution in [3.8, 4) is 40.1 Å². The molecule has 7 nitrogen and oxygen atoms in total. The van der Waals surface area contributed by atoms with E-state index in [1.165, 1.54) is 38.5 Å². The molecule has 3 rings (SSSR count). The predicted octanol–water partition coefficient (Wildman–Crippen LogP) is 2.59. The first kappa shape index (κ1) is 15.5. The van der Waals surface area contributed by atoms with Crippen LogP contribution in [0, 0.1) is 0 Å². The summed E-state index contributed by atoms with van der Waals surface area (Å²) in [5.41, 5.74) is -0.660. The zero-order valence-electron chi connectivity index (χ0n) is 12.9. The van der Waals surface area contributed by atoms with Gasteiger partial charge in [0.15, 0.2) is 16.8 Å². The van der Waals surface area contributed by atoms with Gasteiger partial charge in [-0.2, -0.15) is 0 Å². The summed E-state index contributed by atoms with van der Waals surface area (Å²) in [5.74, 6) is -0.644. The summed E-state index contributed by atoms with van der Waals surface area (Å²) in [7, 11) is 2.73. The number of phenols is 3. The van der Waals surface area contributed by atoms with Crippen LogP contribution in [-0.4, -0.2) is 29.5 Å². The summed E-state index contributed by atoms with van der Waals surface area (Å²) in [6.45, 7) is 0. The fraction of sp³-hybridized carbons (Fsp3) is 0.118. The number of phenolic OH excluding ortho intramolecular Hbond substituents is 3. The molecule has 0 bridgehead atoms. The average Bonchev–Trinajstić information content (AvgIpc) is 2.53. The molecule has 0 aliphatic rings. The lowest BCUT2D eigenvalue weighted by molar-refractivity contribution is 0.350. The standard InChI is InChI=1S/C17H14O7/c1-22-13-7-11(21)15-10(20)6-12(24-17(15)16(13)23-2)14-8(18)4-3-5-9(14)19/h3-7,18-19,21H,1-2H3. The molecule has 0 saturated heterocycles. The second-order valence-corrected chi connectivity index (χ2v) is 4.98. The number of hydrogen-bond donors (Lipinski definition) is 3. The van der Waals surface area contributed by atoms with Crippen molar-refractivity contribution in [3.63, 3.8) is 0 Å². The van der Waals surface area contributed by atoms with E-state index in [0.29, 0.717) is 0 Å². The first-order chi connectivity index (χ1) is 11.5. The van der Waals surface area contributed by atoms with Gasteiger partial charge in [0, 0.05) is 12.1 Å². The third-order valence-electron chi connectivity index (χ3n) is 3.59. The minimum Gasteiger partial charge on any atom is -0.507 e. The minimum atomic E-state index is -0.563. The van der Waals surface area contributed by atoms with Crippen molar-refractivity contribution < 1.29 is 29.2 Å². The van der Waals surface area contributed by atoms with Crippen LogP contribution in [0.25, 0.3) is 22.3 Å². The van der Waals surface area contributed by atoms with Crippen LogP contribution in [0.4, 0.5) is 0 Å². The lowest BCUT2D eigenvalue weighted by atomic mass is 10.1. The van der Waals surface area contributed by atoms with Gasteiger partial charge in [-0.05, 0) is 12.1 Å². The highest BCUT2D eigenvalue weighted by atomic mass is 16.5. The van der Waals surface area contributed by atoms with E-state index in [-0.39, 0.29) is 51.0 Å². The molecule has 24 heavy (non-hydrogen) atoms. The zero-order valence-corrected chi connectivity index (χ0v) is 12.9. The molecule has 3 N–H and O–H groups in total. The highest BCUT2D eigenvalue weighted by Crippen LogP contribution is 2.43. The van der Waals surface area contributed by atoms with Crippen molar-refractivity contribution in [1.82, 2.24) is 0 Å². The number of rotatable bonds is 3. The zero-order chi connectivity index (χ0) is 17.4. The molecule has 0 fully saturated rings. The fourth-order valence-electron chi connectivity index (χ4n) is 2.52. The Labute approximate surface area is 135 Å². The average molecular weight is 330 g/mol. The van der Waals surface area contributed by atoms with Crippen LogP contribution in [0.1, 0.15) is 0 Å². The molecule has 0 aliphatic heterocycles. The molecular weight excluding hydrogens is 316 g/mol. The predicted molar refractivity (Wildman–Crippen MR) is 86.0 cm³/mol. The van der Waals surface area contributed by atoms with Gasteiger partial charge in [0.1, 0.15) is 34.0 Å². The first-order valence-corrected chi connectivity index (χ1v) is 6.91. The Morgan fingerprint density at radius 3 is 2.21 bits per heavy atom. The summed E-state index contributed by atoms with van der Waals surface area (Å²) in [6, 6.07) is 6.46. The molecule has 1 aromatic heterocycles. The summed E-state index contributed by atoms with van der Waals surface area (Å²) < 4.78 is 16.0. The fourth-order valence-corrected chi connectivity index (χ4v) is 2.52.